The summed E-state index contributed by atoms with van der Waals surface area (Å²) in [4.78, 5) is 0. The fourth-order valence-corrected chi connectivity index (χ4v) is 11.3. The maximum Gasteiger partial charge on any atom is 0.0642 e. The number of fused-ring (bicyclic) bond motifs is 10. The highest BCUT2D eigenvalue weighted by atomic mass is 32.1. The predicted octanol–water partition coefficient (Wildman–Crippen LogP) is 8.97. The minimum absolute atomic E-state index is 1.44. The van der Waals surface area contributed by atoms with E-state index >= 15 is 0 Å². The molecule has 6 aromatic heterocycles. The Morgan fingerprint density at radius 2 is 0.958 bits per heavy atom. The van der Waals surface area contributed by atoms with E-state index in [1.54, 1.807) is 0 Å². The first kappa shape index (κ1) is 13.2. The predicted molar refractivity (Wildman–Crippen MR) is 119 cm³/mol. The summed E-state index contributed by atoms with van der Waals surface area (Å²) in [6, 6.07) is 9.41. The normalized spacial score (nSPS) is 13.0. The van der Waals surface area contributed by atoms with Crippen molar-refractivity contribution in [3.8, 4) is 0 Å². The van der Waals surface area contributed by atoms with Gasteiger partial charge in [0, 0.05) is 29.6 Å². The minimum atomic E-state index is 1.44. The van der Waals surface area contributed by atoms with Gasteiger partial charge < -0.3 is 0 Å². The van der Waals surface area contributed by atoms with E-state index in [1.807, 2.05) is 68.0 Å². The van der Waals surface area contributed by atoms with Gasteiger partial charge in [-0.3, -0.25) is 0 Å². The lowest BCUT2D eigenvalue weighted by Crippen LogP contribution is -1.64. The fourth-order valence-electron chi connectivity index (χ4n) is 3.45. The lowest BCUT2D eigenvalue weighted by Gasteiger charge is -1.92. The van der Waals surface area contributed by atoms with E-state index in [1.165, 1.54) is 57.8 Å². The summed E-state index contributed by atoms with van der Waals surface area (Å²) >= 11 is 11.6. The molecule has 7 rings (SSSR count). The van der Waals surface area contributed by atoms with Crippen LogP contribution in [0.2, 0.25) is 0 Å². The van der Waals surface area contributed by atoms with Crippen molar-refractivity contribution in [3.05, 3.63) is 35.0 Å². The molecule has 6 heteroatoms. The molecular weight excluding hydrogens is 409 g/mol. The van der Waals surface area contributed by atoms with Gasteiger partial charge in [0.1, 0.15) is 0 Å². The molecule has 114 valence electrons. The van der Waals surface area contributed by atoms with Crippen LogP contribution in [-0.2, 0) is 0 Å². The summed E-state index contributed by atoms with van der Waals surface area (Å²) in [7, 11) is 0. The molecule has 6 heterocycles. The number of hydrogen-bond donors (Lipinski definition) is 0. The number of rotatable bonds is 0. The Labute approximate surface area is 159 Å². The van der Waals surface area contributed by atoms with Gasteiger partial charge in [-0.2, -0.15) is 0 Å². The molecule has 0 aliphatic heterocycles. The highest BCUT2D eigenvalue weighted by Crippen LogP contribution is 2.51. The molecule has 0 amide bonds. The monoisotopic (exact) mass is 414 g/mol. The van der Waals surface area contributed by atoms with Crippen molar-refractivity contribution in [3.63, 3.8) is 0 Å². The summed E-state index contributed by atoms with van der Waals surface area (Å²) < 4.78 is 14.6. The second kappa shape index (κ2) is 4.38. The van der Waals surface area contributed by atoms with E-state index in [-0.39, 0.29) is 0 Å². The van der Waals surface area contributed by atoms with E-state index in [0.29, 0.717) is 0 Å². The Morgan fingerprint density at radius 3 is 1.50 bits per heavy atom. The van der Waals surface area contributed by atoms with Crippen LogP contribution < -0.4 is 0 Å². The molecule has 0 aliphatic carbocycles. The molecule has 0 spiro atoms. The van der Waals surface area contributed by atoms with Gasteiger partial charge in [0.2, 0.25) is 0 Å². The van der Waals surface area contributed by atoms with Crippen LogP contribution in [0.4, 0.5) is 0 Å². The van der Waals surface area contributed by atoms with Gasteiger partial charge in [0.05, 0.1) is 28.2 Å². The van der Waals surface area contributed by atoms with Crippen LogP contribution in [0.3, 0.4) is 0 Å². The fraction of sp³-hybridized carbons (Fsp3) is 0. The highest BCUT2D eigenvalue weighted by molar-refractivity contribution is 7.42. The Morgan fingerprint density at radius 1 is 0.458 bits per heavy atom. The maximum atomic E-state index is 2.46. The van der Waals surface area contributed by atoms with E-state index in [0.717, 1.165) is 0 Å². The standard InChI is InChI=1S/C18H6S6/c1-3-19-15-9(1)21-13-7-5-8-12(6-11(7)23-17(13)15)24-18-14(8)22-10-2-4-20-16(10)18/h1-6H. The first-order valence-corrected chi connectivity index (χ1v) is 12.4. The summed E-state index contributed by atoms with van der Waals surface area (Å²) in [5, 5.41) is 7.33. The highest BCUT2D eigenvalue weighted by Gasteiger charge is 2.17. The third-order valence-corrected chi connectivity index (χ3v) is 11.9. The lowest BCUT2D eigenvalue weighted by atomic mass is 10.2. The topological polar surface area (TPSA) is 0 Å². The second-order valence-corrected chi connectivity index (χ2v) is 11.8. The zero-order valence-corrected chi connectivity index (χ0v) is 16.8. The van der Waals surface area contributed by atoms with Gasteiger partial charge in [0.25, 0.3) is 0 Å². The average molecular weight is 415 g/mol. The summed E-state index contributed by atoms with van der Waals surface area (Å²) in [6.45, 7) is 0. The van der Waals surface area contributed by atoms with Crippen molar-refractivity contribution in [2.75, 3.05) is 0 Å². The lowest BCUT2D eigenvalue weighted by molar-refractivity contribution is 2.16. The molecule has 0 unspecified atom stereocenters. The third kappa shape index (κ3) is 1.49. The third-order valence-electron chi connectivity index (χ3n) is 4.50. The smallest absolute Gasteiger partial charge is 0.0642 e. The Hall–Kier alpha value is -1.02. The van der Waals surface area contributed by atoms with Crippen molar-refractivity contribution in [2.45, 2.75) is 0 Å². The molecule has 0 fully saturated rings. The van der Waals surface area contributed by atoms with Crippen molar-refractivity contribution >= 4 is 126 Å². The number of benzene rings is 1. The first-order valence-electron chi connectivity index (χ1n) is 7.41. The molecule has 24 heavy (non-hydrogen) atoms. The van der Waals surface area contributed by atoms with E-state index in [4.69, 9.17) is 0 Å². The van der Waals surface area contributed by atoms with Crippen molar-refractivity contribution < 1.29 is 0 Å². The Balaban J connectivity index is 1.72. The first-order chi connectivity index (χ1) is 11.9. The zero-order valence-electron chi connectivity index (χ0n) is 11.9. The van der Waals surface area contributed by atoms with Crippen LogP contribution in [0, 0.1) is 0 Å². The van der Waals surface area contributed by atoms with E-state index in [9.17, 15) is 0 Å². The van der Waals surface area contributed by atoms with Gasteiger partial charge in [0.15, 0.2) is 0 Å². The quantitative estimate of drug-likeness (QED) is 0.232. The summed E-state index contributed by atoms with van der Waals surface area (Å²) in [6.07, 6.45) is 0. The molecule has 0 saturated carbocycles. The van der Waals surface area contributed by atoms with Crippen LogP contribution in [0.5, 0.6) is 0 Å². The largest absolute Gasteiger partial charge is 0.141 e. The molecule has 0 atom stereocenters. The molecule has 1 aromatic carbocycles. The molecular formula is C18H6S6. The van der Waals surface area contributed by atoms with Gasteiger partial charge in [-0.1, -0.05) is 0 Å². The van der Waals surface area contributed by atoms with Gasteiger partial charge in [-0.15, -0.1) is 68.0 Å². The summed E-state index contributed by atoms with van der Waals surface area (Å²) in [5.41, 5.74) is 0. The second-order valence-electron chi connectivity index (χ2n) is 5.80. The van der Waals surface area contributed by atoms with Crippen LogP contribution in [0.15, 0.2) is 35.0 Å². The molecule has 0 nitrogen and oxygen atoms in total. The molecule has 7 aromatic rings. The average Bonchev–Trinajstić information content (AvgIpc) is 3.32. The van der Waals surface area contributed by atoms with E-state index < -0.39 is 0 Å². The maximum absolute atomic E-state index is 2.46. The van der Waals surface area contributed by atoms with E-state index in [2.05, 4.69) is 35.0 Å². The zero-order chi connectivity index (χ0) is 15.4. The van der Waals surface area contributed by atoms with Gasteiger partial charge in [-0.25, -0.2) is 0 Å². The number of thiophene rings is 6. The molecule has 0 radical (unpaired) electrons. The van der Waals surface area contributed by atoms with Crippen LogP contribution in [0.1, 0.15) is 0 Å². The molecule has 0 aliphatic rings. The Kier molecular flexibility index (Phi) is 2.41. The molecule has 0 N–H and O–H groups in total. The molecule has 0 saturated heterocycles. The van der Waals surface area contributed by atoms with Crippen molar-refractivity contribution in [1.82, 2.24) is 0 Å². The SMILES string of the molecule is c1cc2sc3c4cc5c(cc4sc3c2s1)sc1c2sccc2sc51. The Bertz CT molecular complexity index is 1440. The van der Waals surface area contributed by atoms with Crippen LogP contribution >= 0.6 is 68.0 Å². The van der Waals surface area contributed by atoms with Crippen molar-refractivity contribution in [2.24, 2.45) is 0 Å². The van der Waals surface area contributed by atoms with Crippen LogP contribution in [0.25, 0.3) is 57.8 Å². The van der Waals surface area contributed by atoms with Gasteiger partial charge in [-0.05, 0) is 35.0 Å². The minimum Gasteiger partial charge on any atom is -0.141 e. The van der Waals surface area contributed by atoms with Crippen molar-refractivity contribution in [1.29, 1.82) is 0 Å². The van der Waals surface area contributed by atoms with Gasteiger partial charge >= 0.3 is 0 Å². The molecule has 0 bridgehead atoms. The summed E-state index contributed by atoms with van der Waals surface area (Å²) in [5.74, 6) is 0. The van der Waals surface area contributed by atoms with Crippen LogP contribution in [-0.4, -0.2) is 0 Å². The number of hydrogen-bond acceptors (Lipinski definition) is 6.